The van der Waals surface area contributed by atoms with Gasteiger partial charge in [-0.3, -0.25) is 9.59 Å². The van der Waals surface area contributed by atoms with Gasteiger partial charge < -0.3 is 9.80 Å². The van der Waals surface area contributed by atoms with Crippen LogP contribution in [-0.4, -0.2) is 52.7 Å². The third-order valence-corrected chi connectivity index (χ3v) is 6.16. The van der Waals surface area contributed by atoms with Gasteiger partial charge >= 0.3 is 0 Å². The Morgan fingerprint density at radius 2 is 1.64 bits per heavy atom. The number of rotatable bonds is 5. The third kappa shape index (κ3) is 3.91. The summed E-state index contributed by atoms with van der Waals surface area (Å²) in [6.07, 6.45) is 2.40. The van der Waals surface area contributed by atoms with Crippen molar-refractivity contribution in [2.45, 2.75) is 19.3 Å². The maximum absolute atomic E-state index is 12.8. The molecule has 2 aliphatic heterocycles. The van der Waals surface area contributed by atoms with Crippen LogP contribution in [0.1, 0.15) is 39.1 Å². The highest BCUT2D eigenvalue weighted by Gasteiger charge is 2.30. The first-order chi connectivity index (χ1) is 13.6. The van der Waals surface area contributed by atoms with E-state index in [1.165, 1.54) is 0 Å². The summed E-state index contributed by atoms with van der Waals surface area (Å²) in [7, 11) is 0. The number of fused-ring (bicyclic) bond motifs is 1. The van der Waals surface area contributed by atoms with Gasteiger partial charge in [0.15, 0.2) is 5.78 Å². The third-order valence-electron chi connectivity index (χ3n) is 5.79. The molecule has 5 heteroatoms. The summed E-state index contributed by atoms with van der Waals surface area (Å²) in [6.45, 7) is 3.17. The molecule has 2 aliphatic rings. The maximum Gasteiger partial charge on any atom is 0.259 e. The number of hydrogen-bond acceptors (Lipinski definition) is 4. The van der Waals surface area contributed by atoms with Crippen LogP contribution in [0, 0.1) is 5.92 Å². The topological polar surface area (TPSA) is 40.6 Å². The zero-order chi connectivity index (χ0) is 19.5. The van der Waals surface area contributed by atoms with E-state index in [1.807, 2.05) is 54.6 Å². The monoisotopic (exact) mass is 392 g/mol. The van der Waals surface area contributed by atoms with Crippen LogP contribution in [0.3, 0.4) is 0 Å². The lowest BCUT2D eigenvalue weighted by atomic mass is 9.89. The summed E-state index contributed by atoms with van der Waals surface area (Å²) in [5.74, 6) is 0.369. The van der Waals surface area contributed by atoms with Crippen molar-refractivity contribution in [2.75, 3.05) is 26.2 Å². The smallest absolute Gasteiger partial charge is 0.259 e. The number of carbonyl (C=O) groups excluding carboxylic acids is 2. The molecular formula is C23H24N2O2S. The van der Waals surface area contributed by atoms with Gasteiger partial charge in [0.05, 0.1) is 4.99 Å². The van der Waals surface area contributed by atoms with Gasteiger partial charge in [-0.2, -0.15) is 0 Å². The molecule has 1 saturated heterocycles. The van der Waals surface area contributed by atoms with E-state index in [4.69, 9.17) is 12.2 Å². The molecule has 2 aromatic carbocycles. The minimum atomic E-state index is 0.0148. The highest BCUT2D eigenvalue weighted by atomic mass is 32.1. The van der Waals surface area contributed by atoms with E-state index >= 15 is 0 Å². The second kappa shape index (κ2) is 8.33. The highest BCUT2D eigenvalue weighted by molar-refractivity contribution is 7.80. The van der Waals surface area contributed by atoms with Crippen molar-refractivity contribution in [3.8, 4) is 0 Å². The molecule has 0 saturated carbocycles. The normalized spacial score (nSPS) is 18.2. The average molecular weight is 393 g/mol. The van der Waals surface area contributed by atoms with Crippen molar-refractivity contribution in [2.24, 2.45) is 5.92 Å². The summed E-state index contributed by atoms with van der Waals surface area (Å²) < 4.78 is 0. The SMILES string of the molecule is O=C(c1ccccc1)C1CCN(CCN2C(=O)c3ccccc3CC2=S)CC1. The Labute approximate surface area is 171 Å². The molecule has 4 rings (SSSR count). The number of Topliss-reactive ketones (excluding diaryl/α,β-unsaturated/α-hetero) is 1. The molecule has 0 radical (unpaired) electrons. The lowest BCUT2D eigenvalue weighted by molar-refractivity contribution is 0.0796. The van der Waals surface area contributed by atoms with Crippen molar-refractivity contribution in [3.63, 3.8) is 0 Å². The van der Waals surface area contributed by atoms with Crippen LogP contribution >= 0.6 is 12.2 Å². The van der Waals surface area contributed by atoms with Crippen LogP contribution in [0.5, 0.6) is 0 Å². The predicted octanol–water partition coefficient (Wildman–Crippen LogP) is 3.61. The molecule has 0 N–H and O–H groups in total. The van der Waals surface area contributed by atoms with Crippen LogP contribution < -0.4 is 0 Å². The fourth-order valence-corrected chi connectivity index (χ4v) is 4.45. The quantitative estimate of drug-likeness (QED) is 0.576. The van der Waals surface area contributed by atoms with E-state index in [0.717, 1.165) is 49.2 Å². The standard InChI is InChI=1S/C23H24N2O2S/c26-22(17-6-2-1-3-7-17)18-10-12-24(13-11-18)14-15-25-21(28)16-19-8-4-5-9-20(19)23(25)27/h1-9,18H,10-16H2. The summed E-state index contributed by atoms with van der Waals surface area (Å²) in [6, 6.07) is 17.3. The number of carbonyl (C=O) groups is 2. The fourth-order valence-electron chi connectivity index (χ4n) is 4.12. The maximum atomic E-state index is 12.8. The first-order valence-corrected chi connectivity index (χ1v) is 10.3. The molecule has 2 heterocycles. The van der Waals surface area contributed by atoms with Crippen molar-refractivity contribution < 1.29 is 9.59 Å². The zero-order valence-corrected chi connectivity index (χ0v) is 16.7. The molecule has 1 fully saturated rings. The Hall–Kier alpha value is -2.37. The fraction of sp³-hybridized carbons (Fsp3) is 0.348. The number of amides is 1. The first kappa shape index (κ1) is 19.0. The van der Waals surface area contributed by atoms with E-state index < -0.39 is 0 Å². The molecule has 4 nitrogen and oxygen atoms in total. The number of likely N-dealkylation sites (tertiary alicyclic amines) is 1. The first-order valence-electron chi connectivity index (χ1n) is 9.87. The van der Waals surface area contributed by atoms with E-state index in [2.05, 4.69) is 4.90 Å². The summed E-state index contributed by atoms with van der Waals surface area (Å²) in [5.41, 5.74) is 2.60. The van der Waals surface area contributed by atoms with Gasteiger partial charge in [-0.25, -0.2) is 0 Å². The Morgan fingerprint density at radius 3 is 2.39 bits per heavy atom. The zero-order valence-electron chi connectivity index (χ0n) is 15.8. The van der Waals surface area contributed by atoms with E-state index in [1.54, 1.807) is 4.90 Å². The summed E-state index contributed by atoms with van der Waals surface area (Å²) in [4.78, 5) is 30.2. The molecule has 2 aromatic rings. The van der Waals surface area contributed by atoms with Crippen LogP contribution in [0.2, 0.25) is 0 Å². The largest absolute Gasteiger partial charge is 0.302 e. The van der Waals surface area contributed by atoms with Crippen molar-refractivity contribution in [1.29, 1.82) is 0 Å². The van der Waals surface area contributed by atoms with Gasteiger partial charge in [-0.1, -0.05) is 60.7 Å². The van der Waals surface area contributed by atoms with Crippen molar-refractivity contribution in [1.82, 2.24) is 9.80 Å². The van der Waals surface area contributed by atoms with Gasteiger partial charge in [0, 0.05) is 36.6 Å². The number of thiocarbonyl (C=S) groups is 1. The lowest BCUT2D eigenvalue weighted by Crippen LogP contribution is -2.46. The second-order valence-corrected chi connectivity index (χ2v) is 8.00. The Kier molecular flexibility index (Phi) is 5.64. The Balaban J connectivity index is 1.31. The van der Waals surface area contributed by atoms with Crippen LogP contribution in [0.4, 0.5) is 0 Å². The highest BCUT2D eigenvalue weighted by Crippen LogP contribution is 2.23. The van der Waals surface area contributed by atoms with Gasteiger partial charge in [0.1, 0.15) is 0 Å². The molecule has 0 atom stereocenters. The molecular weight excluding hydrogens is 368 g/mol. The Bertz CT molecular complexity index is 888. The molecule has 0 unspecified atom stereocenters. The van der Waals surface area contributed by atoms with E-state index in [9.17, 15) is 9.59 Å². The van der Waals surface area contributed by atoms with Gasteiger partial charge in [0.25, 0.3) is 5.91 Å². The number of piperidine rings is 1. The second-order valence-electron chi connectivity index (χ2n) is 7.53. The van der Waals surface area contributed by atoms with Crippen LogP contribution in [0.15, 0.2) is 54.6 Å². The molecule has 0 aromatic heterocycles. The molecule has 28 heavy (non-hydrogen) atoms. The van der Waals surface area contributed by atoms with Gasteiger partial charge in [-0.05, 0) is 37.6 Å². The van der Waals surface area contributed by atoms with Crippen LogP contribution in [0.25, 0.3) is 0 Å². The number of hydrogen-bond donors (Lipinski definition) is 0. The molecule has 0 bridgehead atoms. The minimum absolute atomic E-state index is 0.0148. The number of benzene rings is 2. The predicted molar refractivity (Wildman–Crippen MR) is 114 cm³/mol. The molecule has 0 aliphatic carbocycles. The Morgan fingerprint density at radius 1 is 0.964 bits per heavy atom. The number of ketones is 1. The van der Waals surface area contributed by atoms with Crippen molar-refractivity contribution >= 4 is 28.9 Å². The minimum Gasteiger partial charge on any atom is -0.302 e. The number of nitrogens with zero attached hydrogens (tertiary/aromatic N) is 2. The van der Waals surface area contributed by atoms with Gasteiger partial charge in [-0.15, -0.1) is 0 Å². The summed E-state index contributed by atoms with van der Waals surface area (Å²) in [5, 5.41) is 0. The van der Waals surface area contributed by atoms with E-state index in [-0.39, 0.29) is 17.6 Å². The lowest BCUT2D eigenvalue weighted by Gasteiger charge is -2.34. The van der Waals surface area contributed by atoms with Gasteiger partial charge in [0.2, 0.25) is 0 Å². The molecule has 1 amide bonds. The summed E-state index contributed by atoms with van der Waals surface area (Å²) >= 11 is 5.50. The molecule has 0 spiro atoms. The van der Waals surface area contributed by atoms with Crippen LogP contribution in [-0.2, 0) is 6.42 Å². The average Bonchev–Trinajstić information content (AvgIpc) is 2.74. The van der Waals surface area contributed by atoms with Crippen molar-refractivity contribution in [3.05, 3.63) is 71.3 Å². The van der Waals surface area contributed by atoms with E-state index in [0.29, 0.717) is 18.0 Å². The molecule has 144 valence electrons.